The predicted molar refractivity (Wildman–Crippen MR) is 111 cm³/mol. The van der Waals surface area contributed by atoms with Crippen LogP contribution in [0.4, 0.5) is 5.69 Å². The van der Waals surface area contributed by atoms with Crippen LogP contribution in [0.2, 0.25) is 0 Å². The summed E-state index contributed by atoms with van der Waals surface area (Å²) in [6, 6.07) is 17.6. The molecule has 0 unspecified atom stereocenters. The molecule has 1 aliphatic rings. The molecule has 0 saturated carbocycles. The Bertz CT molecular complexity index is 1090. The largest absolute Gasteiger partial charge is 0.493 e. The summed E-state index contributed by atoms with van der Waals surface area (Å²) in [6.45, 7) is 0.520. The van der Waals surface area contributed by atoms with E-state index in [4.69, 9.17) is 24.1 Å². The number of ether oxygens (including phenoxy) is 4. The normalized spacial score (nSPS) is 12.2. The Morgan fingerprint density at radius 3 is 2.60 bits per heavy atom. The van der Waals surface area contributed by atoms with Crippen LogP contribution in [-0.2, 0) is 6.61 Å². The first-order valence-electron chi connectivity index (χ1n) is 9.19. The van der Waals surface area contributed by atoms with Gasteiger partial charge in [-0.3, -0.25) is 4.99 Å². The molecular weight excluding hydrogens is 386 g/mol. The molecule has 4 rings (SSSR count). The Morgan fingerprint density at radius 1 is 1.03 bits per heavy atom. The third-order valence-electron chi connectivity index (χ3n) is 4.50. The first-order valence-corrected chi connectivity index (χ1v) is 9.19. The molecule has 0 fully saturated rings. The van der Waals surface area contributed by atoms with Crippen LogP contribution in [0.1, 0.15) is 21.5 Å². The monoisotopic (exact) mass is 405 g/mol. The summed E-state index contributed by atoms with van der Waals surface area (Å²) in [4.78, 5) is 15.4. The minimum Gasteiger partial charge on any atom is -0.493 e. The summed E-state index contributed by atoms with van der Waals surface area (Å²) in [7, 11) is 1.57. The number of hydrogen-bond acceptors (Lipinski definition) is 6. The maximum Gasteiger partial charge on any atom is 0.335 e. The lowest BCUT2D eigenvalue weighted by atomic mass is 10.1. The van der Waals surface area contributed by atoms with Gasteiger partial charge in [0.15, 0.2) is 23.0 Å². The van der Waals surface area contributed by atoms with Gasteiger partial charge in [0.1, 0.15) is 6.61 Å². The minimum atomic E-state index is -0.956. The lowest BCUT2D eigenvalue weighted by Gasteiger charge is -2.11. The highest BCUT2D eigenvalue weighted by Crippen LogP contribution is 2.35. The van der Waals surface area contributed by atoms with E-state index in [0.717, 1.165) is 22.6 Å². The first kappa shape index (κ1) is 19.3. The van der Waals surface area contributed by atoms with Crippen LogP contribution in [-0.4, -0.2) is 31.2 Å². The number of hydrogen-bond donors (Lipinski definition) is 1. The highest BCUT2D eigenvalue weighted by molar-refractivity contribution is 5.87. The van der Waals surface area contributed by atoms with Gasteiger partial charge in [-0.1, -0.05) is 12.1 Å². The fourth-order valence-electron chi connectivity index (χ4n) is 2.90. The summed E-state index contributed by atoms with van der Waals surface area (Å²) in [5, 5.41) is 8.97. The van der Waals surface area contributed by atoms with Crippen LogP contribution in [0, 0.1) is 0 Å². The topological polar surface area (TPSA) is 86.6 Å². The van der Waals surface area contributed by atoms with Crippen molar-refractivity contribution in [3.63, 3.8) is 0 Å². The maximum atomic E-state index is 10.9. The first-order chi connectivity index (χ1) is 14.6. The quantitative estimate of drug-likeness (QED) is 0.585. The molecule has 0 atom stereocenters. The molecule has 0 aliphatic carbocycles. The van der Waals surface area contributed by atoms with Gasteiger partial charge in [0.2, 0.25) is 6.79 Å². The Labute approximate surface area is 173 Å². The van der Waals surface area contributed by atoms with Gasteiger partial charge in [-0.2, -0.15) is 0 Å². The van der Waals surface area contributed by atoms with Crippen molar-refractivity contribution in [2.75, 3.05) is 13.9 Å². The molecule has 1 heterocycles. The summed E-state index contributed by atoms with van der Waals surface area (Å²) >= 11 is 0. The Kier molecular flexibility index (Phi) is 5.52. The molecule has 1 aliphatic heterocycles. The SMILES string of the molecule is COc1cc(C=Nc2ccc3c(c2)OCO3)ccc1OCc1ccc(C(=O)O)cc1. The van der Waals surface area contributed by atoms with E-state index in [0.29, 0.717) is 23.9 Å². The van der Waals surface area contributed by atoms with Crippen LogP contribution in [0.15, 0.2) is 65.7 Å². The molecule has 3 aromatic rings. The van der Waals surface area contributed by atoms with Gasteiger partial charge in [0.05, 0.1) is 18.4 Å². The predicted octanol–water partition coefficient (Wildman–Crippen LogP) is 4.45. The number of carboxylic acid groups (broad SMARTS) is 1. The molecular formula is C23H19NO6. The Balaban J connectivity index is 1.44. The number of benzene rings is 3. The molecule has 7 nitrogen and oxygen atoms in total. The summed E-state index contributed by atoms with van der Waals surface area (Å²) in [5.74, 6) is 1.60. The number of methoxy groups -OCH3 is 1. The van der Waals surface area contributed by atoms with Crippen LogP contribution >= 0.6 is 0 Å². The molecule has 0 spiro atoms. The van der Waals surface area contributed by atoms with Gasteiger partial charge in [-0.25, -0.2) is 4.79 Å². The smallest absolute Gasteiger partial charge is 0.335 e. The van der Waals surface area contributed by atoms with Crippen molar-refractivity contribution in [1.82, 2.24) is 0 Å². The van der Waals surface area contributed by atoms with Crippen molar-refractivity contribution in [3.8, 4) is 23.0 Å². The molecule has 0 aromatic heterocycles. The van der Waals surface area contributed by atoms with Crippen LogP contribution < -0.4 is 18.9 Å². The molecule has 3 aromatic carbocycles. The van der Waals surface area contributed by atoms with Gasteiger partial charge < -0.3 is 24.1 Å². The van der Waals surface area contributed by atoms with E-state index in [1.807, 2.05) is 36.4 Å². The van der Waals surface area contributed by atoms with E-state index in [1.54, 1.807) is 37.6 Å². The standard InChI is InChI=1S/C23H19NO6/c1-27-21-10-16(12-24-18-7-9-20-22(11-18)30-14-29-20)4-8-19(21)28-13-15-2-5-17(6-3-15)23(25)26/h2-12H,13-14H2,1H3,(H,25,26). The zero-order chi connectivity index (χ0) is 20.9. The van der Waals surface area contributed by atoms with Crippen molar-refractivity contribution in [1.29, 1.82) is 0 Å². The lowest BCUT2D eigenvalue weighted by molar-refractivity contribution is 0.0697. The molecule has 0 radical (unpaired) electrons. The molecule has 0 bridgehead atoms. The second-order valence-corrected chi connectivity index (χ2v) is 6.50. The number of carboxylic acids is 1. The number of fused-ring (bicyclic) bond motifs is 1. The number of carbonyl (C=O) groups is 1. The number of nitrogens with zero attached hydrogens (tertiary/aromatic N) is 1. The van der Waals surface area contributed by atoms with Crippen molar-refractivity contribution in [2.45, 2.75) is 6.61 Å². The van der Waals surface area contributed by atoms with Gasteiger partial charge >= 0.3 is 5.97 Å². The van der Waals surface area contributed by atoms with Crippen LogP contribution in [0.25, 0.3) is 0 Å². The van der Waals surface area contributed by atoms with Crippen LogP contribution in [0.5, 0.6) is 23.0 Å². The fourth-order valence-corrected chi connectivity index (χ4v) is 2.90. The van der Waals surface area contributed by atoms with Gasteiger partial charge in [-0.15, -0.1) is 0 Å². The van der Waals surface area contributed by atoms with E-state index >= 15 is 0 Å². The van der Waals surface area contributed by atoms with Gasteiger partial charge in [-0.05, 0) is 53.6 Å². The van der Waals surface area contributed by atoms with Crippen molar-refractivity contribution < 1.29 is 28.8 Å². The van der Waals surface area contributed by atoms with E-state index in [2.05, 4.69) is 4.99 Å². The summed E-state index contributed by atoms with van der Waals surface area (Å²) < 4.78 is 21.9. The number of aromatic carboxylic acids is 1. The lowest BCUT2D eigenvalue weighted by Crippen LogP contribution is -2.00. The van der Waals surface area contributed by atoms with E-state index in [-0.39, 0.29) is 12.4 Å². The molecule has 30 heavy (non-hydrogen) atoms. The van der Waals surface area contributed by atoms with Crippen LogP contribution in [0.3, 0.4) is 0 Å². The fraction of sp³-hybridized carbons (Fsp3) is 0.130. The van der Waals surface area contributed by atoms with E-state index in [1.165, 1.54) is 0 Å². The second-order valence-electron chi connectivity index (χ2n) is 6.50. The average molecular weight is 405 g/mol. The average Bonchev–Trinajstić information content (AvgIpc) is 3.24. The Hall–Kier alpha value is -4.00. The second kappa shape index (κ2) is 8.57. The third kappa shape index (κ3) is 4.35. The zero-order valence-corrected chi connectivity index (χ0v) is 16.2. The Morgan fingerprint density at radius 2 is 1.83 bits per heavy atom. The van der Waals surface area contributed by atoms with Crippen molar-refractivity contribution in [2.24, 2.45) is 4.99 Å². The molecule has 152 valence electrons. The van der Waals surface area contributed by atoms with Crippen molar-refractivity contribution in [3.05, 3.63) is 77.4 Å². The van der Waals surface area contributed by atoms with Gasteiger partial charge in [0, 0.05) is 12.3 Å². The minimum absolute atomic E-state index is 0.227. The summed E-state index contributed by atoms with van der Waals surface area (Å²) in [6.07, 6.45) is 1.73. The molecule has 7 heteroatoms. The van der Waals surface area contributed by atoms with E-state index in [9.17, 15) is 4.79 Å². The van der Waals surface area contributed by atoms with E-state index < -0.39 is 5.97 Å². The highest BCUT2D eigenvalue weighted by Gasteiger charge is 2.13. The molecule has 1 N–H and O–H groups in total. The summed E-state index contributed by atoms with van der Waals surface area (Å²) in [5.41, 5.74) is 2.70. The van der Waals surface area contributed by atoms with Crippen molar-refractivity contribution >= 4 is 17.9 Å². The maximum absolute atomic E-state index is 10.9. The zero-order valence-electron chi connectivity index (χ0n) is 16.2. The highest BCUT2D eigenvalue weighted by atomic mass is 16.7. The number of rotatable bonds is 7. The molecule has 0 saturated heterocycles. The third-order valence-corrected chi connectivity index (χ3v) is 4.50. The molecule has 0 amide bonds. The number of aliphatic imine (C=N–C) groups is 1. The van der Waals surface area contributed by atoms with Gasteiger partial charge in [0.25, 0.3) is 0 Å².